The molecule has 9 nitrogen and oxygen atoms in total. The molecule has 188 valence electrons. The van der Waals surface area contributed by atoms with E-state index in [0.29, 0.717) is 18.7 Å². The van der Waals surface area contributed by atoms with E-state index in [1.807, 2.05) is 6.92 Å². The summed E-state index contributed by atoms with van der Waals surface area (Å²) < 4.78 is 29.0. The third-order valence-corrected chi connectivity index (χ3v) is 5.73. The highest BCUT2D eigenvalue weighted by atomic mass is 19.3. The smallest absolute Gasteiger partial charge is 0.270 e. The van der Waals surface area contributed by atoms with Crippen LogP contribution in [-0.2, 0) is 20.9 Å². The van der Waals surface area contributed by atoms with E-state index in [4.69, 9.17) is 5.73 Å². The Morgan fingerprint density at radius 2 is 2.03 bits per heavy atom. The lowest BCUT2D eigenvalue weighted by atomic mass is 9.81. The van der Waals surface area contributed by atoms with Crippen molar-refractivity contribution in [3.63, 3.8) is 0 Å². The number of rotatable bonds is 11. The first-order chi connectivity index (χ1) is 16.1. The molecule has 1 aromatic heterocycles. The van der Waals surface area contributed by atoms with E-state index in [1.54, 1.807) is 24.7 Å². The highest BCUT2D eigenvalue weighted by Crippen LogP contribution is 2.37. The normalized spacial score (nSPS) is 18.6. The average molecular weight is 481 g/mol. The van der Waals surface area contributed by atoms with Crippen LogP contribution in [0.2, 0.25) is 0 Å². The van der Waals surface area contributed by atoms with Crippen LogP contribution < -0.4 is 16.4 Å². The quantitative estimate of drug-likeness (QED) is 0.331. The molecule has 0 aromatic carbocycles. The van der Waals surface area contributed by atoms with Crippen molar-refractivity contribution < 1.29 is 23.2 Å². The van der Waals surface area contributed by atoms with Gasteiger partial charge >= 0.3 is 0 Å². The van der Waals surface area contributed by atoms with E-state index in [2.05, 4.69) is 20.7 Å². The maximum Gasteiger partial charge on any atom is 0.270 e. The molecule has 1 fully saturated rings. The third-order valence-electron chi connectivity index (χ3n) is 5.73. The van der Waals surface area contributed by atoms with Gasteiger partial charge in [-0.2, -0.15) is 5.10 Å². The van der Waals surface area contributed by atoms with Crippen molar-refractivity contribution in [2.45, 2.75) is 77.4 Å². The highest BCUT2D eigenvalue weighted by Gasteiger charge is 2.40. The van der Waals surface area contributed by atoms with Crippen molar-refractivity contribution in [3.8, 4) is 0 Å². The summed E-state index contributed by atoms with van der Waals surface area (Å²) in [6, 6.07) is -1.24. The molecule has 0 saturated heterocycles. The number of nitrogens with one attached hydrogen (secondary N) is 2. The number of aliphatic imine (C=N–C) groups is 1. The van der Waals surface area contributed by atoms with Crippen LogP contribution in [0, 0.1) is 11.8 Å². The van der Waals surface area contributed by atoms with Crippen LogP contribution >= 0.6 is 0 Å². The number of amides is 2. The largest absolute Gasteiger partial charge is 0.405 e. The molecular formula is C23H34F2N6O3. The minimum Gasteiger partial charge on any atom is -0.405 e. The van der Waals surface area contributed by atoms with E-state index in [-0.39, 0.29) is 43.4 Å². The fourth-order valence-corrected chi connectivity index (χ4v) is 3.81. The zero-order valence-corrected chi connectivity index (χ0v) is 19.8. The first-order valence-electron chi connectivity index (χ1n) is 11.5. The van der Waals surface area contributed by atoms with Crippen LogP contribution in [0.3, 0.4) is 0 Å². The number of anilines is 1. The minimum atomic E-state index is -2.77. The second-order valence-corrected chi connectivity index (χ2v) is 8.86. The van der Waals surface area contributed by atoms with Gasteiger partial charge in [0.05, 0.1) is 18.4 Å². The van der Waals surface area contributed by atoms with E-state index < -0.39 is 29.7 Å². The number of carbonyl (C=O) groups is 3. The molecule has 1 aromatic rings. The van der Waals surface area contributed by atoms with Gasteiger partial charge in [-0.3, -0.25) is 19.3 Å². The number of nitrogens with zero attached hydrogens (tertiary/aromatic N) is 3. The topological polar surface area (TPSA) is 131 Å². The van der Waals surface area contributed by atoms with Gasteiger partial charge in [0.2, 0.25) is 11.8 Å². The monoisotopic (exact) mass is 480 g/mol. The Balaban J connectivity index is 2.20. The number of hydrogen-bond donors (Lipinski definition) is 3. The molecule has 1 aliphatic rings. The molecule has 1 aliphatic carbocycles. The Morgan fingerprint density at radius 3 is 2.59 bits per heavy atom. The maximum atomic E-state index is 13.7. The Bertz CT molecular complexity index is 902. The van der Waals surface area contributed by atoms with Gasteiger partial charge in [-0.15, -0.1) is 0 Å². The molecule has 0 radical (unpaired) electrons. The molecule has 2 rings (SSSR count). The molecule has 2 atom stereocenters. The number of nitrogens with two attached hydrogens (primary N) is 1. The van der Waals surface area contributed by atoms with Crippen molar-refractivity contribution in [1.29, 1.82) is 0 Å². The lowest BCUT2D eigenvalue weighted by Crippen LogP contribution is -2.51. The Labute approximate surface area is 198 Å². The van der Waals surface area contributed by atoms with Gasteiger partial charge in [-0.05, 0) is 51.3 Å². The second-order valence-electron chi connectivity index (χ2n) is 8.86. The molecule has 2 unspecified atom stereocenters. The lowest BCUT2D eigenvalue weighted by molar-refractivity contribution is -0.126. The van der Waals surface area contributed by atoms with Crippen molar-refractivity contribution in [1.82, 2.24) is 15.1 Å². The summed E-state index contributed by atoms with van der Waals surface area (Å²) in [5, 5.41) is 9.54. The molecule has 4 N–H and O–H groups in total. The van der Waals surface area contributed by atoms with Crippen LogP contribution in [-0.4, -0.2) is 51.6 Å². The van der Waals surface area contributed by atoms with Crippen LogP contribution in [0.1, 0.15) is 52.9 Å². The zero-order chi connectivity index (χ0) is 25.3. The summed E-state index contributed by atoms with van der Waals surface area (Å²) in [4.78, 5) is 41.3. The molecule has 11 heteroatoms. The molecule has 0 aliphatic heterocycles. The first kappa shape index (κ1) is 27.1. The maximum absolute atomic E-state index is 13.7. The van der Waals surface area contributed by atoms with E-state index >= 15 is 0 Å². The average Bonchev–Trinajstić information content (AvgIpc) is 3.22. The lowest BCUT2D eigenvalue weighted by Gasteiger charge is -2.33. The number of hydrogen-bond acceptors (Lipinski definition) is 6. The molecule has 1 heterocycles. The number of halogens is 2. The first-order valence-corrected chi connectivity index (χ1v) is 11.5. The minimum absolute atomic E-state index is 0.0451. The Hall–Kier alpha value is -3.11. The van der Waals surface area contributed by atoms with Crippen LogP contribution in [0.5, 0.6) is 0 Å². The summed E-state index contributed by atoms with van der Waals surface area (Å²) in [7, 11) is 0. The summed E-state index contributed by atoms with van der Waals surface area (Å²) >= 11 is 0. The standard InChI is InChI=1S/C23H34F2N6O3/c1-4-16(14-32)12-31-13-18(11-27-31)29-22(34)20(17-5-8-23(24,25)9-6-17)30-21(33)19(7-10-26)28-15(2)3/h7,10-11,13-17,20H,4-6,8-9,12,26H2,1-3H3,(H,29,34)(H,30,33). The molecule has 34 heavy (non-hydrogen) atoms. The summed E-state index contributed by atoms with van der Waals surface area (Å²) in [6.07, 6.45) is 6.52. The van der Waals surface area contributed by atoms with Crippen LogP contribution in [0.15, 0.2) is 29.7 Å². The number of carbonyl (C=O) groups excluding carboxylic acids is 3. The van der Waals surface area contributed by atoms with Gasteiger partial charge in [-0.1, -0.05) is 6.92 Å². The van der Waals surface area contributed by atoms with Gasteiger partial charge in [-0.25, -0.2) is 8.78 Å². The molecular weight excluding hydrogens is 446 g/mol. The SMILES string of the molecule is CCC(C=O)Cn1cc(NC(=O)C(NC(=O)C(C=CN)=NC(C)C)C2CCC(F)(F)CC2)cn1. The van der Waals surface area contributed by atoms with Crippen molar-refractivity contribution >= 4 is 29.5 Å². The van der Waals surface area contributed by atoms with Gasteiger partial charge < -0.3 is 21.2 Å². The molecule has 0 spiro atoms. The van der Waals surface area contributed by atoms with Gasteiger partial charge in [0.25, 0.3) is 5.91 Å². The Kier molecular flexibility index (Phi) is 9.88. The predicted octanol–water partition coefficient (Wildman–Crippen LogP) is 2.68. The van der Waals surface area contributed by atoms with E-state index in [0.717, 1.165) is 6.29 Å². The Morgan fingerprint density at radius 1 is 1.35 bits per heavy atom. The number of aldehydes is 1. The number of aromatic nitrogens is 2. The van der Waals surface area contributed by atoms with Crippen molar-refractivity contribution in [3.05, 3.63) is 24.7 Å². The molecule has 1 saturated carbocycles. The van der Waals surface area contributed by atoms with Gasteiger partial charge in [0, 0.05) is 31.0 Å². The second kappa shape index (κ2) is 12.4. The molecule has 2 amide bonds. The van der Waals surface area contributed by atoms with E-state index in [9.17, 15) is 23.2 Å². The summed E-state index contributed by atoms with van der Waals surface area (Å²) in [5.74, 6) is -4.59. The van der Waals surface area contributed by atoms with Crippen molar-refractivity contribution in [2.75, 3.05) is 5.32 Å². The van der Waals surface area contributed by atoms with Gasteiger partial charge in [0.1, 0.15) is 18.0 Å². The summed E-state index contributed by atoms with van der Waals surface area (Å²) in [5.41, 5.74) is 5.85. The predicted molar refractivity (Wildman–Crippen MR) is 125 cm³/mol. The van der Waals surface area contributed by atoms with Crippen LogP contribution in [0.25, 0.3) is 0 Å². The summed E-state index contributed by atoms with van der Waals surface area (Å²) in [6.45, 7) is 5.84. The van der Waals surface area contributed by atoms with E-state index in [1.165, 1.54) is 18.5 Å². The van der Waals surface area contributed by atoms with Gasteiger partial charge in [0.15, 0.2) is 0 Å². The number of alkyl halides is 2. The van der Waals surface area contributed by atoms with Crippen molar-refractivity contribution in [2.24, 2.45) is 22.6 Å². The third kappa shape index (κ3) is 8.03. The highest BCUT2D eigenvalue weighted by molar-refractivity contribution is 6.43. The van der Waals surface area contributed by atoms with Crippen LogP contribution in [0.4, 0.5) is 14.5 Å². The fraction of sp³-hybridized carbons (Fsp3) is 0.609. The fourth-order valence-electron chi connectivity index (χ4n) is 3.81. The molecule has 0 bridgehead atoms. The zero-order valence-electron chi connectivity index (χ0n) is 19.8.